The van der Waals surface area contributed by atoms with Gasteiger partial charge in [-0.1, -0.05) is 32.0 Å². The average molecular weight is 289 g/mol. The van der Waals surface area contributed by atoms with Crippen LogP contribution in [0, 0.1) is 0 Å². The van der Waals surface area contributed by atoms with Crippen molar-refractivity contribution in [2.24, 2.45) is 0 Å². The highest BCUT2D eigenvalue weighted by Crippen LogP contribution is 2.24. The Balaban J connectivity index is 2.11. The first-order chi connectivity index (χ1) is 9.83. The summed E-state index contributed by atoms with van der Waals surface area (Å²) in [4.78, 5) is 1.41. The second kappa shape index (κ2) is 8.08. The molecule has 0 aliphatic rings. The Morgan fingerprint density at radius 1 is 1.20 bits per heavy atom. The second-order valence-electron chi connectivity index (χ2n) is 4.81. The van der Waals surface area contributed by atoms with Crippen LogP contribution < -0.4 is 10.1 Å². The van der Waals surface area contributed by atoms with Crippen molar-refractivity contribution in [2.75, 3.05) is 13.2 Å². The Labute approximate surface area is 125 Å². The number of ether oxygens (including phenoxy) is 1. The molecule has 108 valence electrons. The smallest absolute Gasteiger partial charge is 0.119 e. The number of hydrogen-bond donors (Lipinski definition) is 1. The third-order valence-corrected chi connectivity index (χ3v) is 4.07. The highest BCUT2D eigenvalue weighted by atomic mass is 32.1. The van der Waals surface area contributed by atoms with Crippen molar-refractivity contribution < 1.29 is 4.74 Å². The predicted octanol–water partition coefficient (Wildman–Crippen LogP) is 4.43. The topological polar surface area (TPSA) is 21.3 Å². The molecular weight excluding hydrogens is 266 g/mol. The maximum Gasteiger partial charge on any atom is 0.119 e. The van der Waals surface area contributed by atoms with Crippen LogP contribution >= 0.6 is 11.3 Å². The summed E-state index contributed by atoms with van der Waals surface area (Å²) < 4.78 is 5.73. The van der Waals surface area contributed by atoms with Crippen LogP contribution in [0.1, 0.15) is 36.8 Å². The molecule has 0 bridgehead atoms. The zero-order chi connectivity index (χ0) is 14.2. The Hall–Kier alpha value is -1.32. The first-order valence-electron chi connectivity index (χ1n) is 7.32. The van der Waals surface area contributed by atoms with Gasteiger partial charge in [0.15, 0.2) is 0 Å². The normalized spacial score (nSPS) is 12.3. The Morgan fingerprint density at radius 3 is 2.80 bits per heavy atom. The molecule has 0 amide bonds. The lowest BCUT2D eigenvalue weighted by Gasteiger charge is -2.18. The summed E-state index contributed by atoms with van der Waals surface area (Å²) in [6, 6.07) is 13.1. The highest BCUT2D eigenvalue weighted by molar-refractivity contribution is 7.09. The van der Waals surface area contributed by atoms with Gasteiger partial charge in [0.1, 0.15) is 5.75 Å². The maximum absolute atomic E-state index is 5.73. The molecule has 1 N–H and O–H groups in total. The van der Waals surface area contributed by atoms with Gasteiger partial charge in [-0.25, -0.2) is 0 Å². The maximum atomic E-state index is 5.73. The van der Waals surface area contributed by atoms with Crippen LogP contribution in [0.15, 0.2) is 41.8 Å². The van der Waals surface area contributed by atoms with Crippen molar-refractivity contribution in [3.63, 3.8) is 0 Å². The van der Waals surface area contributed by atoms with E-state index in [1.165, 1.54) is 10.4 Å². The molecule has 0 aliphatic carbocycles. The molecule has 3 heteroatoms. The number of hydrogen-bond acceptors (Lipinski definition) is 3. The largest absolute Gasteiger partial charge is 0.494 e. The van der Waals surface area contributed by atoms with E-state index in [0.717, 1.165) is 31.7 Å². The fourth-order valence-corrected chi connectivity index (χ4v) is 2.98. The summed E-state index contributed by atoms with van der Waals surface area (Å²) >= 11 is 1.82. The molecule has 1 unspecified atom stereocenters. The molecule has 1 aromatic carbocycles. The van der Waals surface area contributed by atoms with Gasteiger partial charge < -0.3 is 10.1 Å². The quantitative estimate of drug-likeness (QED) is 0.776. The lowest BCUT2D eigenvalue weighted by molar-refractivity contribution is 0.316. The number of benzene rings is 1. The van der Waals surface area contributed by atoms with Gasteiger partial charge in [-0.2, -0.15) is 0 Å². The number of nitrogens with one attached hydrogen (secondary N) is 1. The summed E-state index contributed by atoms with van der Waals surface area (Å²) in [5.74, 6) is 0.971. The molecular formula is C17H23NOS. The van der Waals surface area contributed by atoms with Crippen molar-refractivity contribution in [3.8, 4) is 5.75 Å². The minimum atomic E-state index is 0.351. The van der Waals surface area contributed by atoms with E-state index in [0.29, 0.717) is 6.04 Å². The fourth-order valence-electron chi connectivity index (χ4n) is 2.23. The van der Waals surface area contributed by atoms with Gasteiger partial charge in [0, 0.05) is 17.3 Å². The molecule has 1 atom stereocenters. The monoisotopic (exact) mass is 289 g/mol. The Kier molecular flexibility index (Phi) is 6.09. The predicted molar refractivity (Wildman–Crippen MR) is 86.7 cm³/mol. The van der Waals surface area contributed by atoms with Crippen LogP contribution in [0.3, 0.4) is 0 Å². The van der Waals surface area contributed by atoms with E-state index in [2.05, 4.69) is 54.9 Å². The van der Waals surface area contributed by atoms with E-state index in [4.69, 9.17) is 4.74 Å². The number of likely N-dealkylation sites (N-methyl/N-ethyl adjacent to an activating group) is 1. The molecule has 0 aliphatic heterocycles. The molecule has 0 saturated heterocycles. The number of rotatable bonds is 8. The highest BCUT2D eigenvalue weighted by Gasteiger charge is 2.12. The van der Waals surface area contributed by atoms with Crippen LogP contribution in [-0.2, 0) is 6.42 Å². The summed E-state index contributed by atoms with van der Waals surface area (Å²) in [6.45, 7) is 6.03. The summed E-state index contributed by atoms with van der Waals surface area (Å²) in [5.41, 5.74) is 1.30. The molecule has 1 heterocycles. The summed E-state index contributed by atoms with van der Waals surface area (Å²) in [5, 5.41) is 5.71. The number of thiophene rings is 1. The van der Waals surface area contributed by atoms with Crippen LogP contribution in [0.2, 0.25) is 0 Å². The van der Waals surface area contributed by atoms with E-state index >= 15 is 0 Å². The standard InChI is InChI=1S/C17H23NOS/c1-3-10-19-15-8-5-7-14(12-15)17(18-4-2)13-16-9-6-11-20-16/h5-9,11-12,17-18H,3-4,10,13H2,1-2H3. The molecule has 0 fully saturated rings. The minimum absolute atomic E-state index is 0.351. The van der Waals surface area contributed by atoms with Gasteiger partial charge >= 0.3 is 0 Å². The van der Waals surface area contributed by atoms with Crippen LogP contribution in [0.4, 0.5) is 0 Å². The zero-order valence-electron chi connectivity index (χ0n) is 12.3. The van der Waals surface area contributed by atoms with Gasteiger partial charge in [0.05, 0.1) is 6.61 Å². The van der Waals surface area contributed by atoms with Gasteiger partial charge in [-0.05, 0) is 42.1 Å². The van der Waals surface area contributed by atoms with E-state index in [9.17, 15) is 0 Å². The molecule has 0 saturated carbocycles. The van der Waals surface area contributed by atoms with Crippen molar-refractivity contribution in [2.45, 2.75) is 32.7 Å². The van der Waals surface area contributed by atoms with Crippen LogP contribution in [0.25, 0.3) is 0 Å². The van der Waals surface area contributed by atoms with E-state index in [1.807, 2.05) is 17.4 Å². The van der Waals surface area contributed by atoms with E-state index in [1.54, 1.807) is 0 Å². The average Bonchev–Trinajstić information content (AvgIpc) is 2.98. The molecule has 2 nitrogen and oxygen atoms in total. The first kappa shape index (κ1) is 15.1. The molecule has 0 spiro atoms. The molecule has 20 heavy (non-hydrogen) atoms. The SMILES string of the molecule is CCCOc1cccc(C(Cc2cccs2)NCC)c1. The second-order valence-corrected chi connectivity index (χ2v) is 5.85. The Bertz CT molecular complexity index is 495. The van der Waals surface area contributed by atoms with Gasteiger partial charge in [-0.3, -0.25) is 0 Å². The third kappa shape index (κ3) is 4.36. The van der Waals surface area contributed by atoms with Crippen molar-refractivity contribution in [3.05, 3.63) is 52.2 Å². The van der Waals surface area contributed by atoms with Gasteiger partial charge in [0.2, 0.25) is 0 Å². The first-order valence-corrected chi connectivity index (χ1v) is 8.20. The molecule has 1 aromatic heterocycles. The van der Waals surface area contributed by atoms with Crippen molar-refractivity contribution in [1.82, 2.24) is 5.32 Å². The van der Waals surface area contributed by atoms with Gasteiger partial charge in [-0.15, -0.1) is 11.3 Å². The Morgan fingerprint density at radius 2 is 2.10 bits per heavy atom. The zero-order valence-corrected chi connectivity index (χ0v) is 13.1. The minimum Gasteiger partial charge on any atom is -0.494 e. The van der Waals surface area contributed by atoms with E-state index in [-0.39, 0.29) is 0 Å². The summed E-state index contributed by atoms with van der Waals surface area (Å²) in [7, 11) is 0. The van der Waals surface area contributed by atoms with Crippen molar-refractivity contribution in [1.29, 1.82) is 0 Å². The lowest BCUT2D eigenvalue weighted by Crippen LogP contribution is -2.22. The van der Waals surface area contributed by atoms with E-state index < -0.39 is 0 Å². The van der Waals surface area contributed by atoms with Crippen molar-refractivity contribution >= 4 is 11.3 Å². The molecule has 2 rings (SSSR count). The van der Waals surface area contributed by atoms with Crippen LogP contribution in [-0.4, -0.2) is 13.2 Å². The summed E-state index contributed by atoms with van der Waals surface area (Å²) in [6.07, 6.45) is 2.07. The lowest BCUT2D eigenvalue weighted by atomic mass is 10.0. The van der Waals surface area contributed by atoms with Gasteiger partial charge in [0.25, 0.3) is 0 Å². The molecule has 0 radical (unpaired) electrons. The molecule has 2 aromatic rings. The fraction of sp³-hybridized carbons (Fsp3) is 0.412. The third-order valence-electron chi connectivity index (χ3n) is 3.17. The van der Waals surface area contributed by atoms with Crippen LogP contribution in [0.5, 0.6) is 5.75 Å².